The summed E-state index contributed by atoms with van der Waals surface area (Å²) in [5, 5.41) is 2.77. The van der Waals surface area contributed by atoms with Crippen LogP contribution in [0.1, 0.15) is 90.4 Å². The number of carbonyl (C=O) groups is 2. The van der Waals surface area contributed by atoms with Crippen LogP contribution in [0.5, 0.6) is 0 Å². The molecule has 0 aliphatic heterocycles. The summed E-state index contributed by atoms with van der Waals surface area (Å²) in [4.78, 5) is 23.0. The van der Waals surface area contributed by atoms with Crippen LogP contribution in [-0.4, -0.2) is 24.1 Å². The number of ketones is 1. The first-order valence-electron chi connectivity index (χ1n) is 9.72. The van der Waals surface area contributed by atoms with Gasteiger partial charge in [0.1, 0.15) is 0 Å². The first-order chi connectivity index (χ1) is 11.7. The van der Waals surface area contributed by atoms with Crippen LogP contribution in [0.3, 0.4) is 0 Å². The molecule has 0 saturated heterocycles. The van der Waals surface area contributed by atoms with Crippen LogP contribution in [0.2, 0.25) is 0 Å². The van der Waals surface area contributed by atoms with Crippen molar-refractivity contribution in [2.24, 2.45) is 0 Å². The molecule has 1 amide bonds. The highest BCUT2D eigenvalue weighted by atomic mass is 35.5. The van der Waals surface area contributed by atoms with Gasteiger partial charge in [0.15, 0.2) is 5.78 Å². The Kier molecular flexibility index (Phi) is 17.9. The monoisotopic (exact) mass is 357 g/mol. The normalized spacial score (nSPS) is 11.1. The molecule has 0 bridgehead atoms. The van der Waals surface area contributed by atoms with Gasteiger partial charge in [-0.2, -0.15) is 0 Å². The highest BCUT2D eigenvalue weighted by Gasteiger charge is 2.00. The van der Waals surface area contributed by atoms with E-state index in [2.05, 4.69) is 12.2 Å². The first kappa shape index (κ1) is 23.2. The van der Waals surface area contributed by atoms with Gasteiger partial charge in [-0.15, -0.1) is 11.6 Å². The van der Waals surface area contributed by atoms with E-state index in [1.165, 1.54) is 32.1 Å². The average Bonchev–Trinajstić information content (AvgIpc) is 2.58. The zero-order valence-electron chi connectivity index (χ0n) is 15.5. The molecule has 0 atom stereocenters. The first-order valence-corrected chi connectivity index (χ1v) is 10.3. The van der Waals surface area contributed by atoms with Crippen molar-refractivity contribution in [3.63, 3.8) is 0 Å². The molecule has 0 heterocycles. The third-order valence-electron chi connectivity index (χ3n) is 4.02. The van der Waals surface area contributed by atoms with Crippen molar-refractivity contribution in [1.29, 1.82) is 0 Å². The number of hydrogen-bond acceptors (Lipinski definition) is 2. The third-order valence-corrected chi connectivity index (χ3v) is 4.21. The molecule has 0 unspecified atom stereocenters. The van der Waals surface area contributed by atoms with Crippen LogP contribution in [-0.2, 0) is 9.59 Å². The molecule has 0 saturated carbocycles. The lowest BCUT2D eigenvalue weighted by atomic mass is 10.1. The Morgan fingerprint density at radius 3 is 2.21 bits per heavy atom. The van der Waals surface area contributed by atoms with Crippen molar-refractivity contribution < 1.29 is 9.59 Å². The van der Waals surface area contributed by atoms with Crippen molar-refractivity contribution in [3.05, 3.63) is 12.2 Å². The average molecular weight is 358 g/mol. The maximum atomic E-state index is 11.7. The highest BCUT2D eigenvalue weighted by molar-refractivity contribution is 6.18. The zero-order valence-corrected chi connectivity index (χ0v) is 16.2. The number of amides is 1. The molecule has 140 valence electrons. The van der Waals surface area contributed by atoms with Crippen molar-refractivity contribution in [1.82, 2.24) is 5.32 Å². The summed E-state index contributed by atoms with van der Waals surface area (Å²) in [5.41, 5.74) is 0. The van der Waals surface area contributed by atoms with E-state index in [9.17, 15) is 9.59 Å². The summed E-state index contributed by atoms with van der Waals surface area (Å²) >= 11 is 5.51. The minimum absolute atomic E-state index is 0.0934. The summed E-state index contributed by atoms with van der Waals surface area (Å²) in [6, 6.07) is 0. The van der Waals surface area contributed by atoms with Crippen LogP contribution in [0.15, 0.2) is 12.2 Å². The van der Waals surface area contributed by atoms with Crippen LogP contribution < -0.4 is 5.32 Å². The van der Waals surface area contributed by atoms with E-state index >= 15 is 0 Å². The fourth-order valence-corrected chi connectivity index (χ4v) is 2.65. The molecule has 3 nitrogen and oxygen atoms in total. The van der Waals surface area contributed by atoms with Crippen LogP contribution in [0, 0.1) is 0 Å². The van der Waals surface area contributed by atoms with Crippen molar-refractivity contribution in [3.8, 4) is 0 Å². The van der Waals surface area contributed by atoms with E-state index in [4.69, 9.17) is 11.6 Å². The van der Waals surface area contributed by atoms with Gasteiger partial charge in [0.05, 0.1) is 0 Å². The van der Waals surface area contributed by atoms with E-state index in [1.807, 2.05) is 6.08 Å². The molecule has 0 aliphatic carbocycles. The Morgan fingerprint density at radius 1 is 0.875 bits per heavy atom. The molecule has 0 spiro atoms. The second kappa shape index (κ2) is 18.5. The Morgan fingerprint density at radius 2 is 1.50 bits per heavy atom. The Hall–Kier alpha value is -0.830. The molecule has 0 aromatic heterocycles. The van der Waals surface area contributed by atoms with Gasteiger partial charge in [0.25, 0.3) is 0 Å². The van der Waals surface area contributed by atoms with Gasteiger partial charge in [-0.1, -0.05) is 57.9 Å². The van der Waals surface area contributed by atoms with Gasteiger partial charge >= 0.3 is 0 Å². The molecule has 0 aliphatic rings. The topological polar surface area (TPSA) is 46.2 Å². The van der Waals surface area contributed by atoms with E-state index in [0.717, 1.165) is 38.5 Å². The maximum absolute atomic E-state index is 11.7. The minimum Gasteiger partial charge on any atom is -0.355 e. The van der Waals surface area contributed by atoms with Gasteiger partial charge in [-0.25, -0.2) is 0 Å². The highest BCUT2D eigenvalue weighted by Crippen LogP contribution is 2.08. The quantitative estimate of drug-likeness (QED) is 0.210. The second-order valence-corrected chi connectivity index (χ2v) is 6.76. The van der Waals surface area contributed by atoms with Gasteiger partial charge in [-0.05, 0) is 31.8 Å². The van der Waals surface area contributed by atoms with E-state index in [1.54, 1.807) is 6.08 Å². The third kappa shape index (κ3) is 17.5. The van der Waals surface area contributed by atoms with Crippen molar-refractivity contribution in [2.75, 3.05) is 12.4 Å². The summed E-state index contributed by atoms with van der Waals surface area (Å²) < 4.78 is 0. The predicted molar refractivity (Wildman–Crippen MR) is 104 cm³/mol. The number of hydrogen-bond donors (Lipinski definition) is 1. The molecular weight excluding hydrogens is 322 g/mol. The fourth-order valence-electron chi connectivity index (χ4n) is 2.55. The largest absolute Gasteiger partial charge is 0.355 e. The molecule has 4 heteroatoms. The Labute approximate surface area is 153 Å². The predicted octanol–water partition coefficient (Wildman–Crippen LogP) is 5.56. The number of alkyl halides is 1. The summed E-state index contributed by atoms with van der Waals surface area (Å²) in [6.07, 6.45) is 17.5. The van der Waals surface area contributed by atoms with Crippen LogP contribution in [0.4, 0.5) is 0 Å². The SMILES string of the molecule is CCCCCCCCC(=O)/C=C/CCCCCCC(=O)NCCCl. The van der Waals surface area contributed by atoms with E-state index < -0.39 is 0 Å². The van der Waals surface area contributed by atoms with Crippen molar-refractivity contribution >= 4 is 23.3 Å². The smallest absolute Gasteiger partial charge is 0.220 e. The maximum Gasteiger partial charge on any atom is 0.220 e. The van der Waals surface area contributed by atoms with E-state index in [0.29, 0.717) is 25.3 Å². The lowest BCUT2D eigenvalue weighted by Crippen LogP contribution is -2.24. The van der Waals surface area contributed by atoms with Gasteiger partial charge < -0.3 is 5.32 Å². The molecular formula is C20H36ClNO2. The number of rotatable bonds is 17. The lowest BCUT2D eigenvalue weighted by molar-refractivity contribution is -0.121. The standard InChI is InChI=1S/C20H36ClNO2/c1-2-3-4-5-8-11-14-19(23)15-12-9-6-7-10-13-16-20(24)22-18-17-21/h12,15H,2-11,13-14,16-18H2,1H3,(H,22,24)/b15-12+. The number of allylic oxidation sites excluding steroid dienone is 2. The molecule has 0 rings (SSSR count). The molecule has 24 heavy (non-hydrogen) atoms. The number of unbranched alkanes of at least 4 members (excludes halogenated alkanes) is 9. The molecule has 0 fully saturated rings. The van der Waals surface area contributed by atoms with Crippen LogP contribution in [0.25, 0.3) is 0 Å². The summed E-state index contributed by atoms with van der Waals surface area (Å²) in [7, 11) is 0. The Bertz CT molecular complexity index is 343. The second-order valence-electron chi connectivity index (χ2n) is 6.38. The van der Waals surface area contributed by atoms with Crippen molar-refractivity contribution in [2.45, 2.75) is 90.4 Å². The van der Waals surface area contributed by atoms with Gasteiger partial charge in [0.2, 0.25) is 5.91 Å². The molecule has 0 aromatic carbocycles. The number of nitrogens with one attached hydrogen (secondary N) is 1. The lowest BCUT2D eigenvalue weighted by Gasteiger charge is -2.02. The zero-order chi connectivity index (χ0) is 17.9. The summed E-state index contributed by atoms with van der Waals surface area (Å²) in [5.74, 6) is 0.827. The molecule has 0 aromatic rings. The number of halogens is 1. The Balaban J connectivity index is 3.36. The van der Waals surface area contributed by atoms with Crippen LogP contribution >= 0.6 is 11.6 Å². The molecule has 1 N–H and O–H groups in total. The molecule has 0 radical (unpaired) electrons. The van der Waals surface area contributed by atoms with Gasteiger partial charge in [-0.3, -0.25) is 9.59 Å². The summed E-state index contributed by atoms with van der Waals surface area (Å²) in [6.45, 7) is 2.77. The number of carbonyl (C=O) groups excluding carboxylic acids is 2. The van der Waals surface area contributed by atoms with E-state index in [-0.39, 0.29) is 11.7 Å². The fraction of sp³-hybridized carbons (Fsp3) is 0.800. The van der Waals surface area contributed by atoms with Gasteiger partial charge in [0, 0.05) is 25.3 Å². The minimum atomic E-state index is 0.0934.